The minimum Gasteiger partial charge on any atom is -0.313 e. The highest BCUT2D eigenvalue weighted by Gasteiger charge is 2.37. The predicted octanol–water partition coefficient (Wildman–Crippen LogP) is 4.32. The molecular weight excluding hydrogens is 270 g/mol. The van der Waals surface area contributed by atoms with Crippen LogP contribution in [0.2, 0.25) is 0 Å². The minimum absolute atomic E-state index is 0.00494. The van der Waals surface area contributed by atoms with Crippen molar-refractivity contribution in [2.75, 3.05) is 7.05 Å². The maximum atomic E-state index is 13.3. The first-order valence-corrected chi connectivity index (χ1v) is 7.49. The van der Waals surface area contributed by atoms with Crippen LogP contribution in [0.1, 0.15) is 37.3 Å². The molecule has 1 aromatic heterocycles. The number of hydrogen-bond donors (Lipinski definition) is 1. The lowest BCUT2D eigenvalue weighted by Gasteiger charge is -2.34. The van der Waals surface area contributed by atoms with Gasteiger partial charge in [-0.15, -0.1) is 0 Å². The zero-order valence-electron chi connectivity index (χ0n) is 12.2. The number of alkyl halides is 2. The van der Waals surface area contributed by atoms with Crippen molar-refractivity contribution >= 4 is 10.9 Å². The fraction of sp³-hybridized carbons (Fsp3) is 0.471. The molecule has 4 heteroatoms. The third-order valence-electron chi connectivity index (χ3n) is 4.53. The van der Waals surface area contributed by atoms with Crippen LogP contribution < -0.4 is 5.32 Å². The standard InChI is InChI=1S/C17H20F2N2/c1-20-16(12-6-8-17(18,19)9-7-12)14-4-5-15-13(11-14)3-2-10-21-15/h2-5,10-12,16,20H,6-9H2,1H3. The summed E-state index contributed by atoms with van der Waals surface area (Å²) in [5.41, 5.74) is 2.12. The highest BCUT2D eigenvalue weighted by molar-refractivity contribution is 5.79. The molecule has 1 aliphatic carbocycles. The van der Waals surface area contributed by atoms with Crippen LogP contribution in [0.5, 0.6) is 0 Å². The fourth-order valence-corrected chi connectivity index (χ4v) is 3.36. The summed E-state index contributed by atoms with van der Waals surface area (Å²) in [5, 5.41) is 4.41. The molecule has 0 aliphatic heterocycles. The van der Waals surface area contributed by atoms with E-state index in [9.17, 15) is 8.78 Å². The number of benzene rings is 1. The third-order valence-corrected chi connectivity index (χ3v) is 4.53. The minimum atomic E-state index is -2.47. The predicted molar refractivity (Wildman–Crippen MR) is 80.4 cm³/mol. The number of halogens is 2. The molecule has 2 aromatic rings. The summed E-state index contributed by atoms with van der Waals surface area (Å²) in [6.07, 6.45) is 2.93. The van der Waals surface area contributed by atoms with Crippen molar-refractivity contribution in [3.05, 3.63) is 42.1 Å². The Balaban J connectivity index is 1.84. The van der Waals surface area contributed by atoms with Gasteiger partial charge in [0.2, 0.25) is 5.92 Å². The van der Waals surface area contributed by atoms with Gasteiger partial charge >= 0.3 is 0 Å². The van der Waals surface area contributed by atoms with Crippen molar-refractivity contribution in [1.82, 2.24) is 10.3 Å². The van der Waals surface area contributed by atoms with E-state index in [1.165, 1.54) is 0 Å². The Morgan fingerprint density at radius 1 is 1.24 bits per heavy atom. The van der Waals surface area contributed by atoms with Gasteiger partial charge in [0, 0.05) is 30.5 Å². The van der Waals surface area contributed by atoms with Gasteiger partial charge in [-0.2, -0.15) is 0 Å². The summed E-state index contributed by atoms with van der Waals surface area (Å²) in [6.45, 7) is 0. The average molecular weight is 290 g/mol. The Labute approximate surface area is 123 Å². The van der Waals surface area contributed by atoms with E-state index >= 15 is 0 Å². The molecule has 3 rings (SSSR count). The first-order chi connectivity index (χ1) is 10.1. The monoisotopic (exact) mass is 290 g/mol. The number of fused-ring (bicyclic) bond motifs is 1. The van der Waals surface area contributed by atoms with E-state index in [0.717, 1.165) is 16.5 Å². The lowest BCUT2D eigenvalue weighted by Crippen LogP contribution is -2.32. The molecule has 0 amide bonds. The molecule has 0 radical (unpaired) electrons. The molecule has 1 heterocycles. The second-order valence-electron chi connectivity index (χ2n) is 5.92. The van der Waals surface area contributed by atoms with Crippen LogP contribution in [0.25, 0.3) is 10.9 Å². The van der Waals surface area contributed by atoms with Crippen molar-refractivity contribution < 1.29 is 8.78 Å². The van der Waals surface area contributed by atoms with Gasteiger partial charge in [-0.05, 0) is 49.6 Å². The summed E-state index contributed by atoms with van der Waals surface area (Å²) < 4.78 is 26.7. The van der Waals surface area contributed by atoms with E-state index in [-0.39, 0.29) is 24.8 Å². The topological polar surface area (TPSA) is 24.9 Å². The molecule has 1 unspecified atom stereocenters. The molecule has 0 saturated heterocycles. The number of rotatable bonds is 3. The zero-order chi connectivity index (χ0) is 14.9. The van der Waals surface area contributed by atoms with E-state index < -0.39 is 5.92 Å². The van der Waals surface area contributed by atoms with Crippen molar-refractivity contribution in [2.24, 2.45) is 5.92 Å². The molecule has 1 aromatic carbocycles. The van der Waals surface area contributed by atoms with Gasteiger partial charge in [-0.3, -0.25) is 4.98 Å². The first-order valence-electron chi connectivity index (χ1n) is 7.49. The highest BCUT2D eigenvalue weighted by Crippen LogP contribution is 2.41. The molecular formula is C17H20F2N2. The molecule has 112 valence electrons. The quantitative estimate of drug-likeness (QED) is 0.910. The smallest absolute Gasteiger partial charge is 0.248 e. The van der Waals surface area contributed by atoms with Crippen LogP contribution in [0.3, 0.4) is 0 Å². The maximum absolute atomic E-state index is 13.3. The average Bonchev–Trinajstić information content (AvgIpc) is 2.49. The Morgan fingerprint density at radius 3 is 2.71 bits per heavy atom. The van der Waals surface area contributed by atoms with Crippen LogP contribution in [-0.2, 0) is 0 Å². The van der Waals surface area contributed by atoms with Gasteiger partial charge in [0.25, 0.3) is 0 Å². The van der Waals surface area contributed by atoms with Gasteiger partial charge in [-0.1, -0.05) is 12.1 Å². The lowest BCUT2D eigenvalue weighted by atomic mass is 9.79. The summed E-state index contributed by atoms with van der Waals surface area (Å²) in [5.74, 6) is -2.20. The molecule has 0 bridgehead atoms. The molecule has 0 spiro atoms. The molecule has 1 N–H and O–H groups in total. The van der Waals surface area contributed by atoms with Gasteiger partial charge in [0.15, 0.2) is 0 Å². The molecule has 2 nitrogen and oxygen atoms in total. The Bertz CT molecular complexity index is 617. The normalized spacial score (nSPS) is 20.5. The number of pyridine rings is 1. The fourth-order valence-electron chi connectivity index (χ4n) is 3.36. The second kappa shape index (κ2) is 5.68. The van der Waals surface area contributed by atoms with Crippen molar-refractivity contribution in [1.29, 1.82) is 0 Å². The van der Waals surface area contributed by atoms with E-state index in [1.807, 2.05) is 25.2 Å². The molecule has 1 fully saturated rings. The summed E-state index contributed by atoms with van der Waals surface area (Å²) in [6, 6.07) is 10.3. The van der Waals surface area contributed by atoms with E-state index in [0.29, 0.717) is 12.8 Å². The molecule has 1 atom stereocenters. The van der Waals surface area contributed by atoms with Crippen LogP contribution in [0.4, 0.5) is 8.78 Å². The zero-order valence-corrected chi connectivity index (χ0v) is 12.2. The second-order valence-corrected chi connectivity index (χ2v) is 5.92. The maximum Gasteiger partial charge on any atom is 0.248 e. The largest absolute Gasteiger partial charge is 0.313 e. The SMILES string of the molecule is CNC(c1ccc2ncccc2c1)C1CCC(F)(F)CC1. The van der Waals surface area contributed by atoms with Gasteiger partial charge in [0.1, 0.15) is 0 Å². The summed E-state index contributed by atoms with van der Waals surface area (Å²) >= 11 is 0. The van der Waals surface area contributed by atoms with Crippen molar-refractivity contribution in [2.45, 2.75) is 37.6 Å². The van der Waals surface area contributed by atoms with Gasteiger partial charge in [0.05, 0.1) is 5.52 Å². The summed E-state index contributed by atoms with van der Waals surface area (Å²) in [4.78, 5) is 4.32. The van der Waals surface area contributed by atoms with Crippen LogP contribution in [0, 0.1) is 5.92 Å². The van der Waals surface area contributed by atoms with E-state index in [4.69, 9.17) is 0 Å². The Morgan fingerprint density at radius 2 is 2.00 bits per heavy atom. The van der Waals surface area contributed by atoms with Crippen LogP contribution >= 0.6 is 0 Å². The molecule has 1 aliphatic rings. The lowest BCUT2D eigenvalue weighted by molar-refractivity contribution is -0.0495. The number of hydrogen-bond acceptors (Lipinski definition) is 2. The number of aromatic nitrogens is 1. The van der Waals surface area contributed by atoms with E-state index in [1.54, 1.807) is 6.20 Å². The van der Waals surface area contributed by atoms with Gasteiger partial charge < -0.3 is 5.32 Å². The van der Waals surface area contributed by atoms with Crippen molar-refractivity contribution in [3.63, 3.8) is 0 Å². The third kappa shape index (κ3) is 3.05. The number of nitrogens with one attached hydrogen (secondary N) is 1. The van der Waals surface area contributed by atoms with Gasteiger partial charge in [-0.25, -0.2) is 8.78 Å². The van der Waals surface area contributed by atoms with Crippen LogP contribution in [0.15, 0.2) is 36.5 Å². The molecule has 1 saturated carbocycles. The van der Waals surface area contributed by atoms with E-state index in [2.05, 4.69) is 22.4 Å². The van der Waals surface area contributed by atoms with Crippen LogP contribution in [-0.4, -0.2) is 18.0 Å². The Hall–Kier alpha value is -1.55. The molecule has 21 heavy (non-hydrogen) atoms. The number of nitrogens with zero attached hydrogens (tertiary/aromatic N) is 1. The highest BCUT2D eigenvalue weighted by atomic mass is 19.3. The Kier molecular flexibility index (Phi) is 3.89. The summed E-state index contributed by atoms with van der Waals surface area (Å²) in [7, 11) is 1.91. The first kappa shape index (κ1) is 14.4. The van der Waals surface area contributed by atoms with Crippen molar-refractivity contribution in [3.8, 4) is 0 Å².